The topological polar surface area (TPSA) is 30.9 Å². The molecule has 0 aromatic rings. The lowest BCUT2D eigenvalue weighted by molar-refractivity contribution is -0.0681. The van der Waals surface area contributed by atoms with Crippen LogP contribution in [0.25, 0.3) is 0 Å². The molecule has 33 heavy (non-hydrogen) atoms. The zero-order valence-electron chi connectivity index (χ0n) is 22.7. The molecule has 1 unspecified atom stereocenters. The molecule has 0 radical (unpaired) electrons. The molecular formula is C29H55NO3. The molecule has 4 nitrogen and oxygen atoms in total. The van der Waals surface area contributed by atoms with Crippen molar-refractivity contribution in [3.8, 4) is 0 Å². The first-order valence-electron chi connectivity index (χ1n) is 14.2. The Morgan fingerprint density at radius 2 is 1.79 bits per heavy atom. The van der Waals surface area contributed by atoms with E-state index in [1.54, 1.807) is 5.57 Å². The smallest absolute Gasteiger partial charge is 0.0936 e. The van der Waals surface area contributed by atoms with Gasteiger partial charge >= 0.3 is 0 Å². The van der Waals surface area contributed by atoms with Crippen molar-refractivity contribution in [2.75, 3.05) is 46.1 Å². The Bertz CT molecular complexity index is 529. The first kappa shape index (κ1) is 28.8. The van der Waals surface area contributed by atoms with Gasteiger partial charge in [0.2, 0.25) is 0 Å². The van der Waals surface area contributed by atoms with Crippen LogP contribution in [-0.2, 0) is 14.2 Å². The molecule has 194 valence electrons. The van der Waals surface area contributed by atoms with Gasteiger partial charge in [-0.1, -0.05) is 71.4 Å². The van der Waals surface area contributed by atoms with Gasteiger partial charge in [-0.3, -0.25) is 0 Å². The Kier molecular flexibility index (Phi) is 14.2. The zero-order chi connectivity index (χ0) is 23.9. The number of rotatable bonds is 16. The summed E-state index contributed by atoms with van der Waals surface area (Å²) in [6, 6.07) is 0. The highest BCUT2D eigenvalue weighted by Crippen LogP contribution is 2.46. The number of allylic oxidation sites excluding steroid dienone is 1. The van der Waals surface area contributed by atoms with Gasteiger partial charge in [-0.05, 0) is 69.9 Å². The van der Waals surface area contributed by atoms with Crippen molar-refractivity contribution >= 4 is 0 Å². The first-order valence-corrected chi connectivity index (χ1v) is 14.2. The molecule has 0 aromatic heterocycles. The van der Waals surface area contributed by atoms with Gasteiger partial charge in [0.05, 0.1) is 32.0 Å². The summed E-state index contributed by atoms with van der Waals surface area (Å²) >= 11 is 0. The Morgan fingerprint density at radius 3 is 2.48 bits per heavy atom. The molecule has 1 saturated carbocycles. The SMILES string of the molecule is C/C=C1/C[C@@H](OCCOC(COCCCCCCC)CN2CCCCC2)CC[C@]1(C)C(C)C. The van der Waals surface area contributed by atoms with E-state index in [0.717, 1.165) is 26.0 Å². The van der Waals surface area contributed by atoms with E-state index < -0.39 is 0 Å². The summed E-state index contributed by atoms with van der Waals surface area (Å²) in [6.45, 7) is 17.9. The molecule has 1 aliphatic heterocycles. The lowest BCUT2D eigenvalue weighted by Crippen LogP contribution is -2.40. The minimum absolute atomic E-state index is 0.157. The highest BCUT2D eigenvalue weighted by atomic mass is 16.6. The van der Waals surface area contributed by atoms with Crippen LogP contribution < -0.4 is 0 Å². The standard InChI is InChI=1S/C29H55NO3/c1-6-8-9-10-14-19-31-24-28(23-30-17-12-11-13-18-30)33-21-20-32-27-15-16-29(5,25(3)4)26(7-2)22-27/h7,25,27-28H,6,8-24H2,1-5H3/b26-7-/t27-,28?,29+/m0/s1. The zero-order valence-corrected chi connectivity index (χ0v) is 22.7. The third-order valence-corrected chi connectivity index (χ3v) is 8.19. The van der Waals surface area contributed by atoms with Gasteiger partial charge in [-0.25, -0.2) is 0 Å². The predicted octanol–water partition coefficient (Wildman–Crippen LogP) is 7.02. The Hall–Kier alpha value is -0.420. The van der Waals surface area contributed by atoms with Gasteiger partial charge < -0.3 is 19.1 Å². The maximum atomic E-state index is 6.31. The van der Waals surface area contributed by atoms with Crippen LogP contribution in [0, 0.1) is 11.3 Å². The number of ether oxygens (including phenoxy) is 3. The number of nitrogens with zero attached hydrogens (tertiary/aromatic N) is 1. The van der Waals surface area contributed by atoms with Crippen LogP contribution >= 0.6 is 0 Å². The van der Waals surface area contributed by atoms with Crippen molar-refractivity contribution in [1.82, 2.24) is 4.90 Å². The molecule has 0 spiro atoms. The number of piperidine rings is 1. The Labute approximate surface area is 205 Å². The molecule has 0 amide bonds. The maximum Gasteiger partial charge on any atom is 0.0936 e. The summed E-state index contributed by atoms with van der Waals surface area (Å²) in [6.07, 6.45) is 16.7. The highest BCUT2D eigenvalue weighted by Gasteiger charge is 2.37. The number of hydrogen-bond donors (Lipinski definition) is 0. The van der Waals surface area contributed by atoms with E-state index in [1.807, 2.05) is 0 Å². The van der Waals surface area contributed by atoms with Crippen molar-refractivity contribution in [1.29, 1.82) is 0 Å². The fourth-order valence-corrected chi connectivity index (χ4v) is 5.49. The van der Waals surface area contributed by atoms with Crippen LogP contribution in [0.15, 0.2) is 11.6 Å². The van der Waals surface area contributed by atoms with Crippen molar-refractivity contribution in [2.24, 2.45) is 11.3 Å². The quantitative estimate of drug-likeness (QED) is 0.181. The monoisotopic (exact) mass is 465 g/mol. The van der Waals surface area contributed by atoms with E-state index in [0.29, 0.717) is 37.3 Å². The molecule has 2 aliphatic rings. The molecule has 0 N–H and O–H groups in total. The first-order chi connectivity index (χ1) is 16.0. The average Bonchev–Trinajstić information content (AvgIpc) is 2.82. The molecule has 1 saturated heterocycles. The van der Waals surface area contributed by atoms with Crippen molar-refractivity contribution in [2.45, 2.75) is 117 Å². The minimum Gasteiger partial charge on any atom is -0.379 e. The summed E-state index contributed by atoms with van der Waals surface area (Å²) in [5, 5.41) is 0. The highest BCUT2D eigenvalue weighted by molar-refractivity contribution is 5.17. The van der Waals surface area contributed by atoms with Crippen LogP contribution in [0.4, 0.5) is 0 Å². The van der Waals surface area contributed by atoms with E-state index in [2.05, 4.69) is 45.6 Å². The Balaban J connectivity index is 1.70. The summed E-state index contributed by atoms with van der Waals surface area (Å²) in [4.78, 5) is 2.56. The van der Waals surface area contributed by atoms with Crippen LogP contribution in [0.5, 0.6) is 0 Å². The summed E-state index contributed by atoms with van der Waals surface area (Å²) in [5.41, 5.74) is 1.91. The van der Waals surface area contributed by atoms with Crippen LogP contribution in [0.3, 0.4) is 0 Å². The minimum atomic E-state index is 0.157. The second-order valence-corrected chi connectivity index (χ2v) is 11.0. The molecule has 0 bridgehead atoms. The van der Waals surface area contributed by atoms with Crippen molar-refractivity contribution in [3.05, 3.63) is 11.6 Å². The van der Waals surface area contributed by atoms with Gasteiger partial charge in [-0.15, -0.1) is 0 Å². The lowest BCUT2D eigenvalue weighted by Gasteiger charge is -2.43. The van der Waals surface area contributed by atoms with Crippen molar-refractivity contribution in [3.63, 3.8) is 0 Å². The van der Waals surface area contributed by atoms with Gasteiger partial charge in [0.25, 0.3) is 0 Å². The van der Waals surface area contributed by atoms with Gasteiger partial charge in [0.1, 0.15) is 0 Å². The molecule has 3 atom stereocenters. The van der Waals surface area contributed by atoms with E-state index >= 15 is 0 Å². The third kappa shape index (κ3) is 10.4. The van der Waals surface area contributed by atoms with E-state index in [1.165, 1.54) is 70.9 Å². The normalized spacial score (nSPS) is 26.8. The van der Waals surface area contributed by atoms with E-state index in [4.69, 9.17) is 14.2 Å². The van der Waals surface area contributed by atoms with Crippen molar-refractivity contribution < 1.29 is 14.2 Å². The van der Waals surface area contributed by atoms with Gasteiger partial charge in [0.15, 0.2) is 0 Å². The number of hydrogen-bond acceptors (Lipinski definition) is 4. The van der Waals surface area contributed by atoms with E-state index in [9.17, 15) is 0 Å². The molecule has 2 rings (SSSR count). The summed E-state index contributed by atoms with van der Waals surface area (Å²) in [5.74, 6) is 0.676. The summed E-state index contributed by atoms with van der Waals surface area (Å²) < 4.78 is 18.6. The Morgan fingerprint density at radius 1 is 1.03 bits per heavy atom. The average molecular weight is 466 g/mol. The number of unbranched alkanes of at least 4 members (excludes halogenated alkanes) is 4. The van der Waals surface area contributed by atoms with E-state index in [-0.39, 0.29) is 6.10 Å². The molecular weight excluding hydrogens is 410 g/mol. The molecule has 1 heterocycles. The second kappa shape index (κ2) is 16.3. The largest absolute Gasteiger partial charge is 0.379 e. The molecule has 4 heteroatoms. The van der Waals surface area contributed by atoms with Gasteiger partial charge in [0, 0.05) is 13.2 Å². The fourth-order valence-electron chi connectivity index (χ4n) is 5.49. The lowest BCUT2D eigenvalue weighted by atomic mass is 9.64. The van der Waals surface area contributed by atoms with Crippen LogP contribution in [0.2, 0.25) is 0 Å². The van der Waals surface area contributed by atoms with Gasteiger partial charge in [-0.2, -0.15) is 0 Å². The fraction of sp³-hybridized carbons (Fsp3) is 0.931. The molecule has 0 aromatic carbocycles. The van der Waals surface area contributed by atoms with Crippen LogP contribution in [-0.4, -0.2) is 63.2 Å². The van der Waals surface area contributed by atoms with Crippen LogP contribution in [0.1, 0.15) is 105 Å². The maximum absolute atomic E-state index is 6.31. The third-order valence-electron chi connectivity index (χ3n) is 8.19. The molecule has 1 aliphatic carbocycles. The molecule has 2 fully saturated rings. The predicted molar refractivity (Wildman–Crippen MR) is 140 cm³/mol. The summed E-state index contributed by atoms with van der Waals surface area (Å²) in [7, 11) is 0. The second-order valence-electron chi connectivity index (χ2n) is 11.0. The number of likely N-dealkylation sites (tertiary alicyclic amines) is 1.